The number of carbonyl (C=O) groups is 2. The third-order valence-corrected chi connectivity index (χ3v) is 3.75. The molecule has 0 saturated carbocycles. The Morgan fingerprint density at radius 2 is 1.64 bits per heavy atom. The van der Waals surface area contributed by atoms with Crippen molar-refractivity contribution in [1.82, 2.24) is 4.98 Å². The van der Waals surface area contributed by atoms with Crippen molar-refractivity contribution in [1.29, 1.82) is 0 Å². The first-order valence-corrected chi connectivity index (χ1v) is 8.01. The van der Waals surface area contributed by atoms with E-state index in [9.17, 15) is 9.59 Å². The minimum atomic E-state index is -0.432. The molecule has 25 heavy (non-hydrogen) atoms. The number of benzene rings is 1. The molecule has 0 saturated heterocycles. The third kappa shape index (κ3) is 3.81. The Morgan fingerprint density at radius 1 is 1.04 bits per heavy atom. The summed E-state index contributed by atoms with van der Waals surface area (Å²) in [5, 5.41) is 4.20. The van der Waals surface area contributed by atoms with Crippen LogP contribution in [0, 0.1) is 6.92 Å². The maximum Gasteiger partial charge on any atom is 0.312 e. The van der Waals surface area contributed by atoms with Gasteiger partial charge in [0.15, 0.2) is 11.5 Å². The smallest absolute Gasteiger partial charge is 0.312 e. The lowest BCUT2D eigenvalue weighted by Crippen LogP contribution is -2.15. The Bertz CT molecular complexity index is 817. The molecule has 2 rings (SSSR count). The van der Waals surface area contributed by atoms with Gasteiger partial charge < -0.3 is 19.5 Å². The highest BCUT2D eigenvalue weighted by Gasteiger charge is 2.20. The minimum absolute atomic E-state index is 0.0749. The van der Waals surface area contributed by atoms with Crippen LogP contribution in [0.1, 0.15) is 32.4 Å². The van der Waals surface area contributed by atoms with Crippen LogP contribution in [0.4, 0.5) is 5.69 Å². The summed E-state index contributed by atoms with van der Waals surface area (Å²) < 4.78 is 16.0. The summed E-state index contributed by atoms with van der Waals surface area (Å²) in [5.41, 5.74) is 0.986. The second-order valence-corrected chi connectivity index (χ2v) is 5.36. The van der Waals surface area contributed by atoms with Crippen LogP contribution in [-0.2, 0) is 9.59 Å². The number of esters is 1. The highest BCUT2D eigenvalue weighted by molar-refractivity contribution is 6.06. The molecule has 1 heterocycles. The van der Waals surface area contributed by atoms with Gasteiger partial charge in [0.25, 0.3) is 0 Å². The van der Waals surface area contributed by atoms with Crippen LogP contribution in [0.2, 0.25) is 0 Å². The fourth-order valence-corrected chi connectivity index (χ4v) is 2.37. The number of nitrogens with zero attached hydrogens (tertiary/aromatic N) is 1. The van der Waals surface area contributed by atoms with E-state index in [2.05, 4.69) is 10.3 Å². The molecule has 0 bridgehead atoms. The van der Waals surface area contributed by atoms with E-state index in [0.717, 1.165) is 5.39 Å². The zero-order chi connectivity index (χ0) is 18.6. The Kier molecular flexibility index (Phi) is 5.80. The monoisotopic (exact) mass is 346 g/mol. The van der Waals surface area contributed by atoms with Crippen molar-refractivity contribution in [2.24, 2.45) is 0 Å². The van der Waals surface area contributed by atoms with Gasteiger partial charge in [-0.15, -0.1) is 0 Å². The number of aromatic nitrogens is 1. The molecule has 0 unspecified atom stereocenters. The number of rotatable bonds is 6. The normalized spacial score (nSPS) is 10.4. The van der Waals surface area contributed by atoms with Crippen LogP contribution in [0.25, 0.3) is 10.8 Å². The largest absolute Gasteiger partial charge is 0.493 e. The third-order valence-electron chi connectivity index (χ3n) is 3.75. The number of ether oxygens (including phenoxy) is 3. The Hall–Kier alpha value is -2.83. The molecule has 0 aliphatic rings. The second kappa shape index (κ2) is 7.83. The number of amides is 1. The van der Waals surface area contributed by atoms with E-state index < -0.39 is 5.97 Å². The van der Waals surface area contributed by atoms with Crippen molar-refractivity contribution in [3.8, 4) is 17.4 Å². The molecule has 0 spiro atoms. The summed E-state index contributed by atoms with van der Waals surface area (Å²) in [6, 6.07) is 3.51. The van der Waals surface area contributed by atoms with Gasteiger partial charge in [0.1, 0.15) is 5.69 Å². The number of nitrogens with one attached hydrogen (secondary N) is 1. The van der Waals surface area contributed by atoms with E-state index in [4.69, 9.17) is 14.2 Å². The van der Waals surface area contributed by atoms with Crippen LogP contribution in [-0.4, -0.2) is 31.1 Å². The van der Waals surface area contributed by atoms with Gasteiger partial charge in [0, 0.05) is 29.3 Å². The lowest BCUT2D eigenvalue weighted by Gasteiger charge is -2.16. The standard InChI is InChI=1S/C18H22N2O5/c1-6-15(21)20-17-12-9-14(24-5)13(23-4)8-11(12)10(3)19-18(17)25-16(22)7-2/h8-9H,6-7H2,1-5H3,(H,20,21). The van der Waals surface area contributed by atoms with Gasteiger partial charge in [-0.05, 0) is 19.1 Å². The quantitative estimate of drug-likeness (QED) is 0.808. The number of carbonyl (C=O) groups excluding carboxylic acids is 2. The predicted octanol–water partition coefficient (Wildman–Crippen LogP) is 3.22. The maximum absolute atomic E-state index is 12.0. The second-order valence-electron chi connectivity index (χ2n) is 5.36. The number of fused-ring (bicyclic) bond motifs is 1. The van der Waals surface area contributed by atoms with Crippen LogP contribution >= 0.6 is 0 Å². The molecule has 1 aromatic heterocycles. The zero-order valence-corrected chi connectivity index (χ0v) is 15.1. The highest BCUT2D eigenvalue weighted by Crippen LogP contribution is 2.40. The lowest BCUT2D eigenvalue weighted by molar-refractivity contribution is -0.134. The van der Waals surface area contributed by atoms with Gasteiger partial charge in [-0.2, -0.15) is 0 Å². The molecule has 0 aliphatic heterocycles. The average Bonchev–Trinajstić information content (AvgIpc) is 2.63. The van der Waals surface area contributed by atoms with Crippen LogP contribution < -0.4 is 19.5 Å². The molecule has 7 heteroatoms. The average molecular weight is 346 g/mol. The SMILES string of the molecule is CCC(=O)Nc1c(OC(=O)CC)nc(C)c2cc(OC)c(OC)cc12. The Labute approximate surface area is 146 Å². The van der Waals surface area contributed by atoms with Crippen LogP contribution in [0.15, 0.2) is 12.1 Å². The van der Waals surface area contributed by atoms with Gasteiger partial charge in [0.05, 0.1) is 14.2 Å². The zero-order valence-electron chi connectivity index (χ0n) is 15.1. The molecule has 134 valence electrons. The summed E-state index contributed by atoms with van der Waals surface area (Å²) in [7, 11) is 3.07. The first-order chi connectivity index (χ1) is 11.9. The Balaban J connectivity index is 2.76. The number of hydrogen-bond donors (Lipinski definition) is 1. The van der Waals surface area contributed by atoms with E-state index in [1.807, 2.05) is 0 Å². The maximum atomic E-state index is 12.0. The molecule has 7 nitrogen and oxygen atoms in total. The van der Waals surface area contributed by atoms with E-state index >= 15 is 0 Å². The number of pyridine rings is 1. The summed E-state index contributed by atoms with van der Waals surface area (Å²) in [5.74, 6) is 0.478. The topological polar surface area (TPSA) is 86.8 Å². The first kappa shape index (κ1) is 18.5. The van der Waals surface area contributed by atoms with Crippen LogP contribution in [0.3, 0.4) is 0 Å². The fourth-order valence-electron chi connectivity index (χ4n) is 2.37. The number of anilines is 1. The summed E-state index contributed by atoms with van der Waals surface area (Å²) in [6.45, 7) is 5.22. The molecule has 0 radical (unpaired) electrons. The number of methoxy groups -OCH3 is 2. The van der Waals surface area contributed by atoms with Gasteiger partial charge in [0.2, 0.25) is 11.8 Å². The number of hydrogen-bond acceptors (Lipinski definition) is 6. The summed E-state index contributed by atoms with van der Waals surface area (Å²) in [6.07, 6.45) is 0.482. The lowest BCUT2D eigenvalue weighted by atomic mass is 10.1. The van der Waals surface area contributed by atoms with Gasteiger partial charge in [-0.1, -0.05) is 13.8 Å². The number of aryl methyl sites for hydroxylation is 1. The molecular weight excluding hydrogens is 324 g/mol. The molecule has 1 N–H and O–H groups in total. The highest BCUT2D eigenvalue weighted by atomic mass is 16.5. The van der Waals surface area contributed by atoms with Crippen molar-refractivity contribution in [3.63, 3.8) is 0 Å². The fraction of sp³-hybridized carbons (Fsp3) is 0.389. The molecule has 2 aromatic rings. The van der Waals surface area contributed by atoms with E-state index in [0.29, 0.717) is 28.3 Å². The first-order valence-electron chi connectivity index (χ1n) is 8.01. The molecule has 0 fully saturated rings. The van der Waals surface area contributed by atoms with Gasteiger partial charge >= 0.3 is 5.97 Å². The molecule has 1 aromatic carbocycles. The van der Waals surface area contributed by atoms with Crippen molar-refractivity contribution < 1.29 is 23.8 Å². The van der Waals surface area contributed by atoms with Crippen molar-refractivity contribution in [2.45, 2.75) is 33.6 Å². The summed E-state index contributed by atoms with van der Waals surface area (Å²) >= 11 is 0. The predicted molar refractivity (Wildman–Crippen MR) is 94.4 cm³/mol. The van der Waals surface area contributed by atoms with Gasteiger partial charge in [-0.3, -0.25) is 9.59 Å². The summed E-state index contributed by atoms with van der Waals surface area (Å²) in [4.78, 5) is 28.1. The molecule has 1 amide bonds. The van der Waals surface area contributed by atoms with E-state index in [1.165, 1.54) is 7.11 Å². The van der Waals surface area contributed by atoms with Crippen LogP contribution in [0.5, 0.6) is 17.4 Å². The van der Waals surface area contributed by atoms with E-state index in [1.54, 1.807) is 40.0 Å². The molecule has 0 atom stereocenters. The molecule has 0 aliphatic carbocycles. The van der Waals surface area contributed by atoms with Crippen molar-refractivity contribution in [3.05, 3.63) is 17.8 Å². The van der Waals surface area contributed by atoms with Gasteiger partial charge in [-0.25, -0.2) is 4.98 Å². The molecular formula is C18H22N2O5. The van der Waals surface area contributed by atoms with E-state index in [-0.39, 0.29) is 24.6 Å². The minimum Gasteiger partial charge on any atom is -0.493 e. The van der Waals surface area contributed by atoms with Crippen molar-refractivity contribution in [2.75, 3.05) is 19.5 Å². The van der Waals surface area contributed by atoms with Crippen molar-refractivity contribution >= 4 is 28.3 Å². The Morgan fingerprint density at radius 3 is 2.16 bits per heavy atom.